The summed E-state index contributed by atoms with van der Waals surface area (Å²) in [7, 11) is -5.04. The minimum atomic E-state index is -5.21. The molecule has 12 heteroatoms. The molecule has 0 bridgehead atoms. The molecule has 1 rings (SSSR count). The van der Waals surface area contributed by atoms with Crippen LogP contribution in [0.15, 0.2) is 24.3 Å². The van der Waals surface area contributed by atoms with Crippen molar-refractivity contribution < 1.29 is 45.2 Å². The van der Waals surface area contributed by atoms with E-state index in [1.807, 2.05) is 22.6 Å². The summed E-state index contributed by atoms with van der Waals surface area (Å²) in [6, 6.07) is 4.61. The Hall–Kier alpha value is -1.41. The summed E-state index contributed by atoms with van der Waals surface area (Å²) in [5, 5.41) is 0. The van der Waals surface area contributed by atoms with Gasteiger partial charge in [-0.3, -0.25) is 9.35 Å². The molecular weight excluding hydrogens is 496 g/mol. The van der Waals surface area contributed by atoms with Crippen LogP contribution in [0.1, 0.15) is 24.2 Å². The van der Waals surface area contributed by atoms with Gasteiger partial charge in [0.25, 0.3) is 10.1 Å². The van der Waals surface area contributed by atoms with E-state index in [1.165, 1.54) is 12.1 Å². The summed E-state index contributed by atoms with van der Waals surface area (Å²) in [4.78, 5) is 23.7. The van der Waals surface area contributed by atoms with Gasteiger partial charge >= 0.3 is 18.1 Å². The maximum Gasteiger partial charge on any atom is 0.426 e. The Morgan fingerprint density at radius 2 is 1.85 bits per heavy atom. The normalized spacial score (nSPS) is 13.8. The van der Waals surface area contributed by atoms with Crippen LogP contribution < -0.4 is 4.74 Å². The Morgan fingerprint density at radius 1 is 1.27 bits per heavy atom. The number of esters is 2. The molecule has 1 aromatic rings. The summed E-state index contributed by atoms with van der Waals surface area (Å²) in [5.41, 5.74) is -0.397. The van der Waals surface area contributed by atoms with Gasteiger partial charge in [-0.1, -0.05) is 28.7 Å². The van der Waals surface area contributed by atoms with Gasteiger partial charge in [0, 0.05) is 0 Å². The highest BCUT2D eigenvalue weighted by atomic mass is 127. The lowest BCUT2D eigenvalue weighted by atomic mass is 10.2. The molecule has 1 N–H and O–H groups in total. The highest BCUT2D eigenvalue weighted by molar-refractivity contribution is 14.1. The van der Waals surface area contributed by atoms with E-state index >= 15 is 0 Å². The van der Waals surface area contributed by atoms with Crippen LogP contribution in [0.5, 0.6) is 5.75 Å². The van der Waals surface area contributed by atoms with Crippen molar-refractivity contribution in [1.29, 1.82) is 0 Å². The molecular formula is C14H14F3IO7S. The third-order valence-electron chi connectivity index (χ3n) is 2.74. The van der Waals surface area contributed by atoms with Crippen LogP contribution in [0.4, 0.5) is 13.2 Å². The van der Waals surface area contributed by atoms with Crippen molar-refractivity contribution in [2.45, 2.75) is 29.5 Å². The van der Waals surface area contributed by atoms with Gasteiger partial charge < -0.3 is 9.47 Å². The second-order valence-corrected chi connectivity index (χ2v) is 9.77. The van der Waals surface area contributed by atoms with Crippen molar-refractivity contribution in [3.63, 3.8) is 0 Å². The van der Waals surface area contributed by atoms with E-state index in [2.05, 4.69) is 4.74 Å². The number of hydrogen-bond acceptors (Lipinski definition) is 6. The van der Waals surface area contributed by atoms with Crippen molar-refractivity contribution in [1.82, 2.24) is 0 Å². The topological polar surface area (TPSA) is 107 Å². The third kappa shape index (κ3) is 7.45. The predicted molar refractivity (Wildman–Crippen MR) is 91.9 cm³/mol. The number of benzene rings is 1. The lowest BCUT2D eigenvalue weighted by Crippen LogP contribution is -2.39. The first-order chi connectivity index (χ1) is 11.6. The second-order valence-electron chi connectivity index (χ2n) is 5.57. The summed E-state index contributed by atoms with van der Waals surface area (Å²) < 4.78 is 76.6. The zero-order valence-corrected chi connectivity index (χ0v) is 16.4. The highest BCUT2D eigenvalue weighted by Crippen LogP contribution is 2.26. The van der Waals surface area contributed by atoms with Gasteiger partial charge in [0.1, 0.15) is 14.9 Å². The molecule has 0 radical (unpaired) electrons. The van der Waals surface area contributed by atoms with Gasteiger partial charge in [0.05, 0.1) is 5.56 Å². The van der Waals surface area contributed by atoms with E-state index in [0.29, 0.717) is 0 Å². The van der Waals surface area contributed by atoms with E-state index in [9.17, 15) is 31.2 Å². The molecule has 0 heterocycles. The Morgan fingerprint density at radius 3 is 2.31 bits per heavy atom. The van der Waals surface area contributed by atoms with Crippen LogP contribution >= 0.6 is 22.6 Å². The van der Waals surface area contributed by atoms with Gasteiger partial charge in [-0.05, 0) is 32.0 Å². The predicted octanol–water partition coefficient (Wildman–Crippen LogP) is 2.78. The molecule has 1 atom stereocenters. The average Bonchev–Trinajstić information content (AvgIpc) is 2.43. The molecule has 0 amide bonds. The zero-order valence-electron chi connectivity index (χ0n) is 13.4. The lowest BCUT2D eigenvalue weighted by molar-refractivity contribution is -0.197. The quantitative estimate of drug-likeness (QED) is 0.206. The second kappa shape index (κ2) is 8.08. The fourth-order valence-corrected chi connectivity index (χ4v) is 2.25. The summed E-state index contributed by atoms with van der Waals surface area (Å²) in [6.45, 7) is 3.13. The smallest absolute Gasteiger partial charge is 0.426 e. The van der Waals surface area contributed by atoms with Gasteiger partial charge in [-0.15, -0.1) is 0 Å². The molecule has 0 saturated carbocycles. The Kier molecular flexibility index (Phi) is 7.04. The molecule has 26 heavy (non-hydrogen) atoms. The molecule has 7 nitrogen and oxygen atoms in total. The lowest BCUT2D eigenvalue weighted by Gasteiger charge is -2.19. The van der Waals surface area contributed by atoms with Crippen LogP contribution in [-0.2, 0) is 19.6 Å². The van der Waals surface area contributed by atoms with Crippen LogP contribution in [0.2, 0.25) is 0 Å². The Balaban J connectivity index is 2.99. The van der Waals surface area contributed by atoms with E-state index in [-0.39, 0.29) is 5.75 Å². The number of hydrogen-bond donors (Lipinski definition) is 1. The van der Waals surface area contributed by atoms with Crippen LogP contribution in [-0.4, -0.2) is 46.4 Å². The molecule has 0 spiro atoms. The number of alkyl halides is 4. The number of carbonyl (C=O) groups is 2. The number of rotatable bonds is 6. The monoisotopic (exact) mass is 510 g/mol. The third-order valence-corrected chi connectivity index (χ3v) is 3.91. The van der Waals surface area contributed by atoms with Gasteiger partial charge in [0.15, 0.2) is 0 Å². The summed E-state index contributed by atoms with van der Waals surface area (Å²) in [5.74, 6) is -4.08. The van der Waals surface area contributed by atoms with Crippen molar-refractivity contribution in [2.24, 2.45) is 0 Å². The number of carbonyl (C=O) groups excluding carboxylic acids is 2. The molecule has 0 aliphatic carbocycles. The molecule has 0 aliphatic heterocycles. The van der Waals surface area contributed by atoms with Crippen LogP contribution in [0.3, 0.4) is 0 Å². The molecule has 1 aromatic carbocycles. The highest BCUT2D eigenvalue weighted by Gasteiger charge is 2.45. The van der Waals surface area contributed by atoms with Crippen molar-refractivity contribution in [3.05, 3.63) is 29.8 Å². The zero-order chi connectivity index (χ0) is 20.3. The minimum absolute atomic E-state index is 0.104. The fraction of sp³-hybridized carbons (Fsp3) is 0.429. The van der Waals surface area contributed by atoms with Crippen LogP contribution in [0, 0.1) is 0 Å². The van der Waals surface area contributed by atoms with E-state index in [1.54, 1.807) is 13.8 Å². The fourth-order valence-electron chi connectivity index (χ4n) is 1.50. The molecule has 0 fully saturated rings. The maximum absolute atomic E-state index is 12.8. The number of ether oxygens (including phenoxy) is 2. The number of halogens is 4. The Labute approximate surface area is 160 Å². The van der Waals surface area contributed by atoms with Crippen molar-refractivity contribution >= 4 is 44.6 Å². The van der Waals surface area contributed by atoms with Crippen molar-refractivity contribution in [3.8, 4) is 5.75 Å². The summed E-state index contributed by atoms with van der Waals surface area (Å²) in [6.07, 6.45) is -8.26. The SMILES string of the molecule is CC(C)(I)C(=O)Oc1cccc(C(=O)OC(CS(=O)(=O)O)C(F)(F)F)c1. The summed E-state index contributed by atoms with van der Waals surface area (Å²) >= 11 is 1.82. The van der Waals surface area contributed by atoms with Gasteiger partial charge in [-0.25, -0.2) is 4.79 Å². The first kappa shape index (κ1) is 22.6. The van der Waals surface area contributed by atoms with Crippen LogP contribution in [0.25, 0.3) is 0 Å². The molecule has 0 saturated heterocycles. The van der Waals surface area contributed by atoms with Crippen molar-refractivity contribution in [2.75, 3.05) is 5.75 Å². The van der Waals surface area contributed by atoms with Gasteiger partial charge in [-0.2, -0.15) is 21.6 Å². The maximum atomic E-state index is 12.8. The van der Waals surface area contributed by atoms with E-state index < -0.39 is 49.1 Å². The molecule has 0 aromatic heterocycles. The standard InChI is InChI=1S/C14H14F3IO7S/c1-13(2,18)12(20)24-9-5-3-4-8(6-9)11(19)25-10(14(15,16)17)7-26(21,22)23/h3-6,10H,7H2,1-2H3,(H,21,22,23). The molecule has 1 unspecified atom stereocenters. The molecule has 146 valence electrons. The first-order valence-electron chi connectivity index (χ1n) is 6.84. The van der Waals surface area contributed by atoms with Gasteiger partial charge in [0.2, 0.25) is 6.10 Å². The minimum Gasteiger partial charge on any atom is -0.448 e. The Bertz CT molecular complexity index is 784. The van der Waals surface area contributed by atoms with E-state index in [4.69, 9.17) is 9.29 Å². The first-order valence-corrected chi connectivity index (χ1v) is 9.52. The van der Waals surface area contributed by atoms with E-state index in [0.717, 1.165) is 12.1 Å². The average molecular weight is 510 g/mol. The largest absolute Gasteiger partial charge is 0.448 e. The molecule has 0 aliphatic rings.